The van der Waals surface area contributed by atoms with E-state index in [0.29, 0.717) is 0 Å². The highest BCUT2D eigenvalue weighted by atomic mass is 16.3. The fraction of sp³-hybridized carbons (Fsp3) is 0.545. The highest BCUT2D eigenvalue weighted by Crippen LogP contribution is 2.16. The Kier molecular flexibility index (Phi) is 3.83. The van der Waals surface area contributed by atoms with E-state index >= 15 is 0 Å². The molecule has 0 aliphatic carbocycles. The molecular weight excluding hydrogens is 148 g/mol. The van der Waals surface area contributed by atoms with Gasteiger partial charge in [-0.1, -0.05) is 0 Å². The summed E-state index contributed by atoms with van der Waals surface area (Å²) in [5.41, 5.74) is 3.02. The molecule has 0 saturated carbocycles. The maximum absolute atomic E-state index is 9.76. The second-order valence-electron chi connectivity index (χ2n) is 3.40. The van der Waals surface area contributed by atoms with Crippen molar-refractivity contribution in [3.8, 4) is 12.3 Å². The molecule has 0 bridgehead atoms. The molecule has 0 saturated heterocycles. The Labute approximate surface area is 74.8 Å². The van der Waals surface area contributed by atoms with Crippen molar-refractivity contribution in [2.24, 2.45) is 5.92 Å². The number of aliphatic hydroxyl groups is 1. The molecule has 0 aromatic rings. The maximum Gasteiger partial charge on any atom is 0.101 e. The van der Waals surface area contributed by atoms with E-state index in [-0.39, 0.29) is 5.92 Å². The van der Waals surface area contributed by atoms with E-state index in [1.165, 1.54) is 0 Å². The smallest absolute Gasteiger partial charge is 0.101 e. The Balaban J connectivity index is 4.67. The quantitative estimate of drug-likeness (QED) is 0.489. The zero-order chi connectivity index (χ0) is 9.78. The van der Waals surface area contributed by atoms with E-state index in [1.54, 1.807) is 13.0 Å². The number of hydrogen-bond acceptors (Lipinski definition) is 1. The summed E-state index contributed by atoms with van der Waals surface area (Å²) in [6.07, 6.45) is 6.82. The van der Waals surface area contributed by atoms with Crippen LogP contribution < -0.4 is 0 Å². The predicted molar refractivity (Wildman–Crippen MR) is 51.6 cm³/mol. The van der Waals surface area contributed by atoms with E-state index in [9.17, 15) is 5.11 Å². The average Bonchev–Trinajstić information content (AvgIpc) is 1.99. The van der Waals surface area contributed by atoms with Gasteiger partial charge >= 0.3 is 0 Å². The molecule has 2 atom stereocenters. The van der Waals surface area contributed by atoms with Crippen LogP contribution in [0.4, 0.5) is 0 Å². The van der Waals surface area contributed by atoms with Crippen LogP contribution in [0.1, 0.15) is 27.7 Å². The van der Waals surface area contributed by atoms with Crippen molar-refractivity contribution in [3.05, 3.63) is 17.4 Å². The molecule has 1 heteroatoms. The SMILES string of the molecule is C#CC(C)C(C)(O)C=C=C(C)C. The minimum atomic E-state index is -0.952. The first-order valence-corrected chi connectivity index (χ1v) is 3.99. The molecule has 12 heavy (non-hydrogen) atoms. The van der Waals surface area contributed by atoms with Gasteiger partial charge in [-0.3, -0.25) is 0 Å². The van der Waals surface area contributed by atoms with Crippen LogP contribution in [-0.2, 0) is 0 Å². The maximum atomic E-state index is 9.76. The zero-order valence-corrected chi connectivity index (χ0v) is 8.18. The first-order valence-electron chi connectivity index (χ1n) is 3.99. The zero-order valence-electron chi connectivity index (χ0n) is 8.18. The molecule has 1 nitrogen and oxygen atoms in total. The van der Waals surface area contributed by atoms with Gasteiger partial charge in [0.05, 0.1) is 0 Å². The summed E-state index contributed by atoms with van der Waals surface area (Å²) >= 11 is 0. The minimum Gasteiger partial charge on any atom is -0.384 e. The monoisotopic (exact) mass is 164 g/mol. The van der Waals surface area contributed by atoms with Crippen LogP contribution >= 0.6 is 0 Å². The van der Waals surface area contributed by atoms with Crippen molar-refractivity contribution in [2.45, 2.75) is 33.3 Å². The molecular formula is C11H16O. The molecule has 0 rings (SSSR count). The van der Waals surface area contributed by atoms with Gasteiger partial charge in [0.1, 0.15) is 5.60 Å². The number of terminal acetylenes is 1. The third-order valence-corrected chi connectivity index (χ3v) is 1.78. The van der Waals surface area contributed by atoms with Crippen LogP contribution in [-0.4, -0.2) is 10.7 Å². The standard InChI is InChI=1S/C11H16O/c1-6-10(4)11(5,12)8-7-9(2)3/h1,8,10,12H,2-5H3. The third kappa shape index (κ3) is 3.44. The predicted octanol–water partition coefficient (Wildman–Crippen LogP) is 2.13. The Bertz CT molecular complexity index is 243. The molecule has 0 heterocycles. The van der Waals surface area contributed by atoms with Gasteiger partial charge < -0.3 is 5.11 Å². The van der Waals surface area contributed by atoms with Crippen LogP contribution in [0.2, 0.25) is 0 Å². The normalized spacial score (nSPS) is 16.7. The Morgan fingerprint density at radius 3 is 2.42 bits per heavy atom. The number of hydrogen-bond donors (Lipinski definition) is 1. The lowest BCUT2D eigenvalue weighted by atomic mass is 9.91. The highest BCUT2D eigenvalue weighted by Gasteiger charge is 2.22. The summed E-state index contributed by atoms with van der Waals surface area (Å²) in [5, 5.41) is 9.76. The third-order valence-electron chi connectivity index (χ3n) is 1.78. The van der Waals surface area contributed by atoms with E-state index in [0.717, 1.165) is 5.57 Å². The lowest BCUT2D eigenvalue weighted by Gasteiger charge is -2.21. The van der Waals surface area contributed by atoms with Crippen molar-refractivity contribution in [3.63, 3.8) is 0 Å². The summed E-state index contributed by atoms with van der Waals surface area (Å²) in [4.78, 5) is 0. The van der Waals surface area contributed by atoms with Gasteiger partial charge in [-0.2, -0.15) is 0 Å². The summed E-state index contributed by atoms with van der Waals surface area (Å²) in [6.45, 7) is 7.34. The van der Waals surface area contributed by atoms with Crippen LogP contribution in [0.15, 0.2) is 17.4 Å². The van der Waals surface area contributed by atoms with Crippen molar-refractivity contribution in [1.82, 2.24) is 0 Å². The minimum absolute atomic E-state index is 0.190. The first kappa shape index (κ1) is 11.0. The van der Waals surface area contributed by atoms with Crippen LogP contribution in [0, 0.1) is 18.3 Å². The molecule has 0 aromatic carbocycles. The fourth-order valence-electron chi connectivity index (χ4n) is 0.584. The van der Waals surface area contributed by atoms with Gasteiger partial charge in [0.2, 0.25) is 0 Å². The molecule has 0 aromatic heterocycles. The molecule has 66 valence electrons. The molecule has 0 aliphatic heterocycles. The van der Waals surface area contributed by atoms with E-state index in [1.807, 2.05) is 20.8 Å². The van der Waals surface area contributed by atoms with Gasteiger partial charge in [0, 0.05) is 5.92 Å². The largest absolute Gasteiger partial charge is 0.384 e. The van der Waals surface area contributed by atoms with Gasteiger partial charge in [-0.05, 0) is 39.3 Å². The molecule has 1 N–H and O–H groups in total. The van der Waals surface area contributed by atoms with Gasteiger partial charge in [0.15, 0.2) is 0 Å². The molecule has 2 unspecified atom stereocenters. The molecule has 0 aliphatic rings. The van der Waals surface area contributed by atoms with Crippen molar-refractivity contribution in [2.75, 3.05) is 0 Å². The van der Waals surface area contributed by atoms with Gasteiger partial charge in [-0.25, -0.2) is 0 Å². The summed E-state index contributed by atoms with van der Waals surface area (Å²) in [5.74, 6) is 2.31. The second kappa shape index (κ2) is 4.16. The summed E-state index contributed by atoms with van der Waals surface area (Å²) in [6, 6.07) is 0. The fourth-order valence-corrected chi connectivity index (χ4v) is 0.584. The van der Waals surface area contributed by atoms with Crippen LogP contribution in [0.25, 0.3) is 0 Å². The van der Waals surface area contributed by atoms with Crippen molar-refractivity contribution >= 4 is 0 Å². The van der Waals surface area contributed by atoms with Crippen molar-refractivity contribution < 1.29 is 5.11 Å². The first-order chi connectivity index (χ1) is 5.40. The Morgan fingerprint density at radius 1 is 1.58 bits per heavy atom. The molecule has 0 radical (unpaired) electrons. The van der Waals surface area contributed by atoms with Crippen LogP contribution in [0.3, 0.4) is 0 Å². The second-order valence-corrected chi connectivity index (χ2v) is 3.40. The number of rotatable bonds is 2. The molecule has 0 amide bonds. The van der Waals surface area contributed by atoms with Crippen molar-refractivity contribution in [1.29, 1.82) is 0 Å². The summed E-state index contributed by atoms with van der Waals surface area (Å²) < 4.78 is 0. The topological polar surface area (TPSA) is 20.2 Å². The van der Waals surface area contributed by atoms with Crippen LogP contribution in [0.5, 0.6) is 0 Å². The van der Waals surface area contributed by atoms with Gasteiger partial charge in [0.25, 0.3) is 0 Å². The molecule has 0 spiro atoms. The highest BCUT2D eigenvalue weighted by molar-refractivity contribution is 5.11. The van der Waals surface area contributed by atoms with E-state index in [2.05, 4.69) is 11.7 Å². The summed E-state index contributed by atoms with van der Waals surface area (Å²) in [7, 11) is 0. The Morgan fingerprint density at radius 2 is 2.08 bits per heavy atom. The lowest BCUT2D eigenvalue weighted by Crippen LogP contribution is -2.28. The average molecular weight is 164 g/mol. The van der Waals surface area contributed by atoms with E-state index in [4.69, 9.17) is 6.42 Å². The Hall–Kier alpha value is -0.960. The lowest BCUT2D eigenvalue weighted by molar-refractivity contribution is 0.0784. The van der Waals surface area contributed by atoms with E-state index < -0.39 is 5.60 Å². The molecule has 0 fully saturated rings. The van der Waals surface area contributed by atoms with Gasteiger partial charge in [-0.15, -0.1) is 18.1 Å².